The van der Waals surface area contributed by atoms with Gasteiger partial charge in [-0.3, -0.25) is 5.10 Å². The van der Waals surface area contributed by atoms with Gasteiger partial charge in [-0.1, -0.05) is 0 Å². The molecule has 16 heavy (non-hydrogen) atoms. The largest absolute Gasteiger partial charge is 0.397 e. The molecule has 0 aliphatic carbocycles. The number of nitrogen functional groups attached to an aromatic ring is 2. The lowest BCUT2D eigenvalue weighted by molar-refractivity contribution is 0.886. The first-order valence-electron chi connectivity index (χ1n) is 5.07. The molecule has 0 spiro atoms. The zero-order valence-corrected chi connectivity index (χ0v) is 9.07. The van der Waals surface area contributed by atoms with Gasteiger partial charge in [0.2, 0.25) is 0 Å². The second-order valence-electron chi connectivity index (χ2n) is 3.74. The Morgan fingerprint density at radius 3 is 2.75 bits per heavy atom. The van der Waals surface area contributed by atoms with Crippen molar-refractivity contribution in [3.8, 4) is 0 Å². The van der Waals surface area contributed by atoms with Crippen LogP contribution in [0.4, 0.5) is 17.1 Å². The van der Waals surface area contributed by atoms with Gasteiger partial charge in [0.1, 0.15) is 0 Å². The minimum atomic E-state index is 0.168. The number of hydrogen-bond donors (Lipinski definition) is 4. The lowest BCUT2D eigenvalue weighted by Crippen LogP contribution is -2.06. The molecule has 1 aromatic carbocycles. The summed E-state index contributed by atoms with van der Waals surface area (Å²) in [6.45, 7) is 2.05. The van der Waals surface area contributed by atoms with Crippen molar-refractivity contribution in [3.05, 3.63) is 36.2 Å². The van der Waals surface area contributed by atoms with E-state index in [-0.39, 0.29) is 6.04 Å². The highest BCUT2D eigenvalue weighted by molar-refractivity contribution is 5.69. The average Bonchev–Trinajstić information content (AvgIpc) is 2.77. The highest BCUT2D eigenvalue weighted by Crippen LogP contribution is 2.23. The summed E-state index contributed by atoms with van der Waals surface area (Å²) >= 11 is 0. The summed E-state index contributed by atoms with van der Waals surface area (Å²) in [6.07, 6.45) is 3.65. The van der Waals surface area contributed by atoms with Gasteiger partial charge in [0.05, 0.1) is 23.6 Å². The Morgan fingerprint density at radius 2 is 2.12 bits per heavy atom. The molecule has 0 saturated carbocycles. The zero-order valence-electron chi connectivity index (χ0n) is 9.07. The van der Waals surface area contributed by atoms with E-state index >= 15 is 0 Å². The Bertz CT molecular complexity index is 463. The maximum atomic E-state index is 5.73. The molecule has 1 unspecified atom stereocenters. The molecule has 2 rings (SSSR count). The van der Waals surface area contributed by atoms with Gasteiger partial charge in [-0.2, -0.15) is 5.10 Å². The lowest BCUT2D eigenvalue weighted by atomic mass is 10.1. The van der Waals surface area contributed by atoms with E-state index in [4.69, 9.17) is 11.5 Å². The maximum absolute atomic E-state index is 5.73. The van der Waals surface area contributed by atoms with E-state index < -0.39 is 0 Å². The molecule has 5 heteroatoms. The summed E-state index contributed by atoms with van der Waals surface area (Å²) in [6, 6.07) is 5.69. The number of nitrogens with two attached hydrogens (primary N) is 2. The predicted molar refractivity (Wildman–Crippen MR) is 65.9 cm³/mol. The van der Waals surface area contributed by atoms with Crippen LogP contribution in [0.3, 0.4) is 0 Å². The highest BCUT2D eigenvalue weighted by atomic mass is 15.1. The molecule has 1 atom stereocenters. The van der Waals surface area contributed by atoms with Gasteiger partial charge < -0.3 is 16.8 Å². The van der Waals surface area contributed by atoms with E-state index in [1.54, 1.807) is 12.3 Å². The molecular formula is C11H15N5. The molecule has 6 N–H and O–H groups in total. The molecule has 0 bridgehead atoms. The predicted octanol–water partition coefficient (Wildman–Crippen LogP) is 1.75. The fourth-order valence-corrected chi connectivity index (χ4v) is 1.50. The van der Waals surface area contributed by atoms with Crippen molar-refractivity contribution in [2.45, 2.75) is 13.0 Å². The third kappa shape index (κ3) is 2.08. The second-order valence-corrected chi connectivity index (χ2v) is 3.74. The van der Waals surface area contributed by atoms with E-state index in [1.807, 2.05) is 18.3 Å². The number of anilines is 3. The summed E-state index contributed by atoms with van der Waals surface area (Å²) in [5, 5.41) is 10.0. The number of nitrogens with zero attached hydrogens (tertiary/aromatic N) is 1. The molecular weight excluding hydrogens is 202 g/mol. The molecule has 0 aliphatic heterocycles. The van der Waals surface area contributed by atoms with Crippen molar-refractivity contribution >= 4 is 17.1 Å². The van der Waals surface area contributed by atoms with Crippen LogP contribution in [0.1, 0.15) is 18.5 Å². The first-order chi connectivity index (χ1) is 7.66. The minimum Gasteiger partial charge on any atom is -0.397 e. The lowest BCUT2D eigenvalue weighted by Gasteiger charge is -2.14. The van der Waals surface area contributed by atoms with E-state index in [0.29, 0.717) is 11.4 Å². The number of aromatic amines is 1. The van der Waals surface area contributed by atoms with Crippen LogP contribution in [0.25, 0.3) is 0 Å². The molecule has 1 aromatic heterocycles. The van der Waals surface area contributed by atoms with Crippen molar-refractivity contribution in [1.82, 2.24) is 10.2 Å². The van der Waals surface area contributed by atoms with Crippen LogP contribution in [0.5, 0.6) is 0 Å². The van der Waals surface area contributed by atoms with Gasteiger partial charge in [0, 0.05) is 17.4 Å². The molecule has 1 heterocycles. The number of rotatable bonds is 3. The Morgan fingerprint density at radius 1 is 1.31 bits per heavy atom. The van der Waals surface area contributed by atoms with Gasteiger partial charge in [0.15, 0.2) is 0 Å². The van der Waals surface area contributed by atoms with Gasteiger partial charge in [-0.05, 0) is 25.1 Å². The Kier molecular flexibility index (Phi) is 2.68. The van der Waals surface area contributed by atoms with Crippen LogP contribution in [0, 0.1) is 0 Å². The summed E-state index contributed by atoms with van der Waals surface area (Å²) in [5.74, 6) is 0. The van der Waals surface area contributed by atoms with E-state index in [2.05, 4.69) is 22.4 Å². The quantitative estimate of drug-likeness (QED) is 0.589. The number of aromatic nitrogens is 2. The number of nitrogens with one attached hydrogen (secondary N) is 2. The molecule has 0 amide bonds. The van der Waals surface area contributed by atoms with E-state index in [0.717, 1.165) is 11.3 Å². The van der Waals surface area contributed by atoms with Gasteiger partial charge in [0.25, 0.3) is 0 Å². The van der Waals surface area contributed by atoms with Crippen LogP contribution in [0.15, 0.2) is 30.6 Å². The highest BCUT2D eigenvalue weighted by Gasteiger charge is 2.06. The SMILES string of the molecule is CC(Nc1ccc(N)c(N)c1)c1cn[nH]c1. The Hall–Kier alpha value is -2.17. The molecule has 5 nitrogen and oxygen atoms in total. The van der Waals surface area contributed by atoms with Gasteiger partial charge >= 0.3 is 0 Å². The fraction of sp³-hybridized carbons (Fsp3) is 0.182. The molecule has 2 aromatic rings. The number of benzene rings is 1. The van der Waals surface area contributed by atoms with Crippen LogP contribution in [-0.2, 0) is 0 Å². The first-order valence-corrected chi connectivity index (χ1v) is 5.07. The van der Waals surface area contributed by atoms with Crippen LogP contribution in [-0.4, -0.2) is 10.2 Å². The third-order valence-corrected chi connectivity index (χ3v) is 2.49. The van der Waals surface area contributed by atoms with Gasteiger partial charge in [-0.15, -0.1) is 0 Å². The zero-order chi connectivity index (χ0) is 11.5. The van der Waals surface area contributed by atoms with Crippen molar-refractivity contribution in [2.24, 2.45) is 0 Å². The van der Waals surface area contributed by atoms with Crippen LogP contribution >= 0.6 is 0 Å². The summed E-state index contributed by atoms with van der Waals surface area (Å²) in [4.78, 5) is 0. The third-order valence-electron chi connectivity index (χ3n) is 2.49. The molecule has 0 aliphatic rings. The monoisotopic (exact) mass is 217 g/mol. The Balaban J connectivity index is 2.12. The smallest absolute Gasteiger partial charge is 0.0568 e. The van der Waals surface area contributed by atoms with Crippen LogP contribution < -0.4 is 16.8 Å². The minimum absolute atomic E-state index is 0.168. The van der Waals surface area contributed by atoms with E-state index in [1.165, 1.54) is 0 Å². The van der Waals surface area contributed by atoms with Crippen molar-refractivity contribution in [3.63, 3.8) is 0 Å². The Labute approximate surface area is 93.8 Å². The van der Waals surface area contributed by atoms with Crippen molar-refractivity contribution in [2.75, 3.05) is 16.8 Å². The molecule has 84 valence electrons. The van der Waals surface area contributed by atoms with E-state index in [9.17, 15) is 0 Å². The summed E-state index contributed by atoms with van der Waals surface area (Å²) in [5.41, 5.74) is 14.6. The van der Waals surface area contributed by atoms with Crippen molar-refractivity contribution < 1.29 is 0 Å². The molecule has 0 radical (unpaired) electrons. The van der Waals surface area contributed by atoms with Gasteiger partial charge in [-0.25, -0.2) is 0 Å². The number of hydrogen-bond acceptors (Lipinski definition) is 4. The molecule has 0 fully saturated rings. The standard InChI is InChI=1S/C11H15N5/c1-7(8-5-14-15-6-8)16-9-2-3-10(12)11(13)4-9/h2-7,16H,12-13H2,1H3,(H,14,15). The summed E-state index contributed by atoms with van der Waals surface area (Å²) in [7, 11) is 0. The first kappa shape index (κ1) is 10.4. The summed E-state index contributed by atoms with van der Waals surface area (Å²) < 4.78 is 0. The average molecular weight is 217 g/mol. The molecule has 0 saturated heterocycles. The normalized spacial score (nSPS) is 12.3. The van der Waals surface area contributed by atoms with Crippen molar-refractivity contribution in [1.29, 1.82) is 0 Å². The van der Waals surface area contributed by atoms with Crippen LogP contribution in [0.2, 0.25) is 0 Å². The number of H-pyrrole nitrogens is 1. The second kappa shape index (κ2) is 4.14. The fourth-order valence-electron chi connectivity index (χ4n) is 1.50. The maximum Gasteiger partial charge on any atom is 0.0568 e. The topological polar surface area (TPSA) is 92.8 Å².